The third-order valence-electron chi connectivity index (χ3n) is 5.42. The number of hydrogen-bond donors (Lipinski definition) is 0. The second-order valence-electron chi connectivity index (χ2n) is 7.30. The van der Waals surface area contributed by atoms with Gasteiger partial charge in [-0.25, -0.2) is 4.39 Å². The Morgan fingerprint density at radius 2 is 1.45 bits per heavy atom. The van der Waals surface area contributed by atoms with Crippen LogP contribution in [0.3, 0.4) is 0 Å². The standard InChI is InChI=1S/C26H24ClFO/c1-2-29-24-17-16-23(26(28)25(24)27)22-14-12-21(13-15-22)20-10-8-19(9-11-20)18-6-4-3-5-7-18/h6,8-17H,2-5,7H2,1H3. The fourth-order valence-corrected chi connectivity index (χ4v) is 4.06. The summed E-state index contributed by atoms with van der Waals surface area (Å²) in [5, 5.41) is 0.0287. The molecule has 0 aliphatic heterocycles. The molecule has 0 aromatic heterocycles. The number of rotatable bonds is 5. The zero-order chi connectivity index (χ0) is 20.2. The van der Waals surface area contributed by atoms with Crippen molar-refractivity contribution in [2.75, 3.05) is 6.61 Å². The van der Waals surface area contributed by atoms with Gasteiger partial charge in [-0.15, -0.1) is 0 Å². The molecule has 1 nitrogen and oxygen atoms in total. The molecule has 0 radical (unpaired) electrons. The summed E-state index contributed by atoms with van der Waals surface area (Å²) >= 11 is 6.13. The Labute approximate surface area is 176 Å². The lowest BCUT2D eigenvalue weighted by Gasteiger charge is -2.13. The van der Waals surface area contributed by atoms with E-state index in [1.165, 1.54) is 36.8 Å². The maximum Gasteiger partial charge on any atom is 0.153 e. The van der Waals surface area contributed by atoms with E-state index in [1.54, 1.807) is 12.1 Å². The Bertz CT molecular complexity index is 1020. The number of halogens is 2. The predicted octanol–water partition coefficient (Wildman–Crippen LogP) is 8.17. The van der Waals surface area contributed by atoms with Crippen molar-refractivity contribution in [2.45, 2.75) is 32.6 Å². The SMILES string of the molecule is CCOc1ccc(-c2ccc(-c3ccc(C4=CCCCC4)cc3)cc2)c(F)c1Cl. The summed E-state index contributed by atoms with van der Waals surface area (Å²) in [6.07, 6.45) is 7.30. The van der Waals surface area contributed by atoms with Crippen molar-refractivity contribution in [3.05, 3.63) is 83.1 Å². The van der Waals surface area contributed by atoms with Crippen molar-refractivity contribution in [2.24, 2.45) is 0 Å². The highest BCUT2D eigenvalue weighted by Crippen LogP contribution is 2.35. The first-order valence-corrected chi connectivity index (χ1v) is 10.6. The van der Waals surface area contributed by atoms with E-state index >= 15 is 0 Å². The summed E-state index contributed by atoms with van der Waals surface area (Å²) in [6.45, 7) is 2.29. The highest BCUT2D eigenvalue weighted by molar-refractivity contribution is 6.32. The van der Waals surface area contributed by atoms with E-state index in [0.717, 1.165) is 16.7 Å². The second-order valence-corrected chi connectivity index (χ2v) is 7.68. The molecule has 1 aliphatic rings. The zero-order valence-corrected chi connectivity index (χ0v) is 17.3. The van der Waals surface area contributed by atoms with Crippen molar-refractivity contribution in [3.63, 3.8) is 0 Å². The molecule has 0 saturated carbocycles. The van der Waals surface area contributed by atoms with Crippen molar-refractivity contribution in [1.29, 1.82) is 0 Å². The van der Waals surface area contributed by atoms with E-state index in [9.17, 15) is 4.39 Å². The molecule has 3 heteroatoms. The Hall–Kier alpha value is -2.58. The molecule has 0 atom stereocenters. The molecule has 0 unspecified atom stereocenters. The Morgan fingerprint density at radius 3 is 2.03 bits per heavy atom. The van der Waals surface area contributed by atoms with E-state index in [1.807, 2.05) is 31.2 Å². The maximum absolute atomic E-state index is 14.7. The summed E-state index contributed by atoms with van der Waals surface area (Å²) in [5.74, 6) is -0.0734. The summed E-state index contributed by atoms with van der Waals surface area (Å²) in [5.41, 5.74) is 6.30. The average molecular weight is 407 g/mol. The van der Waals surface area contributed by atoms with Crippen LogP contribution in [-0.2, 0) is 0 Å². The molecule has 0 amide bonds. The maximum atomic E-state index is 14.7. The number of allylic oxidation sites excluding steroid dienone is 2. The molecule has 148 valence electrons. The van der Waals surface area contributed by atoms with E-state index in [0.29, 0.717) is 17.9 Å². The summed E-state index contributed by atoms with van der Waals surface area (Å²) in [7, 11) is 0. The van der Waals surface area contributed by atoms with Crippen molar-refractivity contribution < 1.29 is 9.13 Å². The summed E-state index contributed by atoms with van der Waals surface area (Å²) in [6, 6.07) is 20.1. The van der Waals surface area contributed by atoms with Crippen LogP contribution in [0.5, 0.6) is 5.75 Å². The lowest BCUT2D eigenvalue weighted by Crippen LogP contribution is -1.95. The third kappa shape index (κ3) is 4.23. The summed E-state index contributed by atoms with van der Waals surface area (Å²) in [4.78, 5) is 0. The largest absolute Gasteiger partial charge is 0.492 e. The minimum Gasteiger partial charge on any atom is -0.492 e. The van der Waals surface area contributed by atoms with Gasteiger partial charge >= 0.3 is 0 Å². The molecule has 0 N–H and O–H groups in total. The van der Waals surface area contributed by atoms with Crippen LogP contribution >= 0.6 is 11.6 Å². The summed E-state index contributed by atoms with van der Waals surface area (Å²) < 4.78 is 20.1. The van der Waals surface area contributed by atoms with Gasteiger partial charge in [0.25, 0.3) is 0 Å². The molecule has 0 spiro atoms. The van der Waals surface area contributed by atoms with Gasteiger partial charge < -0.3 is 4.74 Å². The smallest absolute Gasteiger partial charge is 0.153 e. The average Bonchev–Trinajstić information content (AvgIpc) is 2.78. The molecule has 0 heterocycles. The van der Waals surface area contributed by atoms with Crippen LogP contribution in [0.4, 0.5) is 4.39 Å². The van der Waals surface area contributed by atoms with Gasteiger partial charge in [-0.1, -0.05) is 66.2 Å². The second kappa shape index (κ2) is 8.84. The van der Waals surface area contributed by atoms with Gasteiger partial charge in [0, 0.05) is 5.56 Å². The van der Waals surface area contributed by atoms with Gasteiger partial charge in [0.1, 0.15) is 10.8 Å². The van der Waals surface area contributed by atoms with Crippen LogP contribution in [-0.4, -0.2) is 6.61 Å². The molecule has 0 saturated heterocycles. The first-order valence-electron chi connectivity index (χ1n) is 10.2. The lowest BCUT2D eigenvalue weighted by atomic mass is 9.92. The van der Waals surface area contributed by atoms with Crippen LogP contribution in [0.15, 0.2) is 66.7 Å². The molecular formula is C26H24ClFO. The highest BCUT2D eigenvalue weighted by atomic mass is 35.5. The zero-order valence-electron chi connectivity index (χ0n) is 16.6. The molecular weight excluding hydrogens is 383 g/mol. The normalized spacial score (nSPS) is 13.8. The van der Waals surface area contributed by atoms with E-state index in [-0.39, 0.29) is 5.02 Å². The third-order valence-corrected chi connectivity index (χ3v) is 5.77. The van der Waals surface area contributed by atoms with Crippen molar-refractivity contribution in [3.8, 4) is 28.0 Å². The minimum atomic E-state index is -0.449. The quantitative estimate of drug-likeness (QED) is 0.415. The van der Waals surface area contributed by atoms with Crippen LogP contribution in [0.25, 0.3) is 27.8 Å². The Kier molecular flexibility index (Phi) is 6.01. The highest BCUT2D eigenvalue weighted by Gasteiger charge is 2.14. The molecule has 3 aromatic carbocycles. The van der Waals surface area contributed by atoms with E-state index in [2.05, 4.69) is 30.3 Å². The van der Waals surface area contributed by atoms with Crippen LogP contribution < -0.4 is 4.74 Å². The molecule has 3 aromatic rings. The van der Waals surface area contributed by atoms with Gasteiger partial charge in [0.15, 0.2) is 5.82 Å². The molecule has 0 fully saturated rings. The van der Waals surface area contributed by atoms with Crippen LogP contribution in [0.2, 0.25) is 5.02 Å². The van der Waals surface area contributed by atoms with Gasteiger partial charge in [-0.05, 0) is 72.6 Å². The molecule has 4 rings (SSSR count). The Balaban J connectivity index is 1.57. The minimum absolute atomic E-state index is 0.0287. The van der Waals surface area contributed by atoms with Crippen molar-refractivity contribution >= 4 is 17.2 Å². The Morgan fingerprint density at radius 1 is 0.828 bits per heavy atom. The van der Waals surface area contributed by atoms with Gasteiger partial charge in [-0.2, -0.15) is 0 Å². The number of ether oxygens (including phenoxy) is 1. The number of benzene rings is 3. The van der Waals surface area contributed by atoms with Crippen LogP contribution in [0, 0.1) is 5.82 Å². The molecule has 1 aliphatic carbocycles. The van der Waals surface area contributed by atoms with E-state index < -0.39 is 5.82 Å². The van der Waals surface area contributed by atoms with Gasteiger partial charge in [-0.3, -0.25) is 0 Å². The monoisotopic (exact) mass is 406 g/mol. The van der Waals surface area contributed by atoms with Gasteiger partial charge in [0.05, 0.1) is 6.61 Å². The molecule has 0 bridgehead atoms. The first-order chi connectivity index (χ1) is 14.2. The first kappa shape index (κ1) is 19.7. The predicted molar refractivity (Wildman–Crippen MR) is 120 cm³/mol. The molecule has 29 heavy (non-hydrogen) atoms. The number of hydrogen-bond acceptors (Lipinski definition) is 1. The van der Waals surface area contributed by atoms with Crippen molar-refractivity contribution in [1.82, 2.24) is 0 Å². The van der Waals surface area contributed by atoms with E-state index in [4.69, 9.17) is 16.3 Å². The van der Waals surface area contributed by atoms with Crippen LogP contribution in [0.1, 0.15) is 38.2 Å². The topological polar surface area (TPSA) is 9.23 Å². The van der Waals surface area contributed by atoms with Gasteiger partial charge in [0.2, 0.25) is 0 Å². The fourth-order valence-electron chi connectivity index (χ4n) is 3.84. The lowest BCUT2D eigenvalue weighted by molar-refractivity contribution is 0.338. The fraction of sp³-hybridized carbons (Fsp3) is 0.231.